The molecule has 1 aliphatic rings. The summed E-state index contributed by atoms with van der Waals surface area (Å²) >= 11 is 0. The molecule has 2 amide bonds. The number of esters is 1. The summed E-state index contributed by atoms with van der Waals surface area (Å²) in [7, 11) is 1.62. The number of nitrogens with one attached hydrogen (secondary N) is 2. The van der Waals surface area contributed by atoms with Gasteiger partial charge in [0.15, 0.2) is 5.82 Å². The number of nitrogens with zero attached hydrogens (tertiary/aromatic N) is 2. The Bertz CT molecular complexity index is 1140. The molecule has 0 saturated heterocycles. The van der Waals surface area contributed by atoms with Crippen LogP contribution in [0.25, 0.3) is 11.0 Å². The van der Waals surface area contributed by atoms with Gasteiger partial charge in [-0.05, 0) is 49.6 Å². The predicted molar refractivity (Wildman–Crippen MR) is 130 cm³/mol. The minimum atomic E-state index is -0.481. The highest BCUT2D eigenvalue weighted by molar-refractivity contribution is 6.06. The Morgan fingerprint density at radius 1 is 1.12 bits per heavy atom. The molecular weight excluding hydrogens is 432 g/mol. The smallest absolute Gasteiger partial charge is 0.341 e. The fraction of sp³-hybridized carbons (Fsp3) is 0.385. The second kappa shape index (κ2) is 11.0. The van der Waals surface area contributed by atoms with Gasteiger partial charge in [-0.25, -0.2) is 9.78 Å². The zero-order valence-electron chi connectivity index (χ0n) is 19.5. The molecule has 0 unspecified atom stereocenters. The monoisotopic (exact) mass is 462 g/mol. The molecular formula is C26H30N4O4. The van der Waals surface area contributed by atoms with Crippen LogP contribution in [-0.2, 0) is 16.0 Å². The van der Waals surface area contributed by atoms with Crippen molar-refractivity contribution in [3.63, 3.8) is 0 Å². The van der Waals surface area contributed by atoms with E-state index in [9.17, 15) is 9.59 Å². The maximum atomic E-state index is 13.0. The molecule has 34 heavy (non-hydrogen) atoms. The van der Waals surface area contributed by atoms with E-state index in [2.05, 4.69) is 20.3 Å². The maximum absolute atomic E-state index is 13.0. The number of aromatic amines is 1. The summed E-state index contributed by atoms with van der Waals surface area (Å²) in [6, 6.07) is 14.5. The fourth-order valence-corrected chi connectivity index (χ4v) is 4.35. The zero-order chi connectivity index (χ0) is 23.9. The van der Waals surface area contributed by atoms with E-state index in [0.717, 1.165) is 41.6 Å². The first-order valence-electron chi connectivity index (χ1n) is 11.7. The minimum absolute atomic E-state index is 0.257. The molecule has 0 bridgehead atoms. The van der Waals surface area contributed by atoms with E-state index in [1.54, 1.807) is 14.0 Å². The zero-order valence-corrected chi connectivity index (χ0v) is 19.5. The number of amides is 2. The van der Waals surface area contributed by atoms with E-state index in [4.69, 9.17) is 9.47 Å². The first kappa shape index (κ1) is 23.5. The Kier molecular flexibility index (Phi) is 7.57. The number of hydrogen-bond acceptors (Lipinski definition) is 5. The van der Waals surface area contributed by atoms with Gasteiger partial charge in [0, 0.05) is 12.5 Å². The Morgan fingerprint density at radius 3 is 2.62 bits per heavy atom. The summed E-state index contributed by atoms with van der Waals surface area (Å²) in [6.45, 7) is 2.11. The van der Waals surface area contributed by atoms with Crippen LogP contribution in [0.15, 0.2) is 53.5 Å². The predicted octanol–water partition coefficient (Wildman–Crippen LogP) is 4.43. The lowest BCUT2D eigenvalue weighted by Crippen LogP contribution is -2.45. The van der Waals surface area contributed by atoms with Gasteiger partial charge in [0.1, 0.15) is 5.75 Å². The van der Waals surface area contributed by atoms with Gasteiger partial charge >= 0.3 is 12.0 Å². The number of imidazole rings is 1. The van der Waals surface area contributed by atoms with E-state index in [0.29, 0.717) is 31.0 Å². The van der Waals surface area contributed by atoms with Crippen molar-refractivity contribution in [3.05, 3.63) is 59.9 Å². The number of urea groups is 1. The third-order valence-electron chi connectivity index (χ3n) is 6.09. The van der Waals surface area contributed by atoms with Gasteiger partial charge < -0.3 is 19.8 Å². The van der Waals surface area contributed by atoms with Crippen molar-refractivity contribution >= 4 is 28.7 Å². The number of carbonyl (C=O) groups is 2. The molecule has 1 heterocycles. The molecule has 2 aromatic carbocycles. The molecule has 8 heteroatoms. The number of hydrogen-bond donors (Lipinski definition) is 2. The van der Waals surface area contributed by atoms with Crippen LogP contribution in [0.2, 0.25) is 0 Å². The summed E-state index contributed by atoms with van der Waals surface area (Å²) in [5.41, 5.74) is 3.15. The van der Waals surface area contributed by atoms with Gasteiger partial charge in [-0.15, -0.1) is 0 Å². The quantitative estimate of drug-likeness (QED) is 0.399. The van der Waals surface area contributed by atoms with Crippen LogP contribution in [0.1, 0.15) is 44.0 Å². The lowest BCUT2D eigenvalue weighted by Gasteiger charge is -2.29. The number of rotatable bonds is 7. The summed E-state index contributed by atoms with van der Waals surface area (Å²) < 4.78 is 10.5. The Balaban J connectivity index is 1.59. The van der Waals surface area contributed by atoms with E-state index < -0.39 is 6.03 Å². The van der Waals surface area contributed by atoms with Gasteiger partial charge in [-0.3, -0.25) is 4.79 Å². The van der Waals surface area contributed by atoms with Crippen molar-refractivity contribution in [2.75, 3.05) is 13.7 Å². The molecule has 0 radical (unpaired) electrons. The van der Waals surface area contributed by atoms with Crippen LogP contribution in [-0.4, -0.2) is 47.4 Å². The molecule has 1 aliphatic carbocycles. The topological polar surface area (TPSA) is 106 Å². The second-order valence-electron chi connectivity index (χ2n) is 8.38. The van der Waals surface area contributed by atoms with E-state index in [1.165, 1.54) is 0 Å². The van der Waals surface area contributed by atoms with Crippen molar-refractivity contribution < 1.29 is 19.1 Å². The summed E-state index contributed by atoms with van der Waals surface area (Å²) in [4.78, 5) is 37.7. The molecule has 0 spiro atoms. The average Bonchev–Trinajstić information content (AvgIpc) is 3.29. The van der Waals surface area contributed by atoms with Crippen LogP contribution in [0, 0.1) is 5.92 Å². The van der Waals surface area contributed by atoms with Gasteiger partial charge in [0.25, 0.3) is 0 Å². The van der Waals surface area contributed by atoms with Crippen molar-refractivity contribution in [1.82, 2.24) is 15.3 Å². The van der Waals surface area contributed by atoms with Gasteiger partial charge in [0.05, 0.1) is 36.4 Å². The number of ether oxygens (including phenoxy) is 2. The Labute approximate surface area is 198 Å². The number of benzene rings is 2. The number of H-pyrrole nitrogens is 1. The summed E-state index contributed by atoms with van der Waals surface area (Å²) in [5.74, 6) is 0.695. The molecule has 4 rings (SSSR count). The minimum Gasteiger partial charge on any atom is -0.497 e. The fourth-order valence-electron chi connectivity index (χ4n) is 4.35. The highest BCUT2D eigenvalue weighted by Crippen LogP contribution is 2.26. The van der Waals surface area contributed by atoms with Crippen molar-refractivity contribution in [1.29, 1.82) is 0 Å². The molecule has 1 fully saturated rings. The van der Waals surface area contributed by atoms with Crippen LogP contribution < -0.4 is 10.1 Å². The molecule has 0 aliphatic heterocycles. The third-order valence-corrected chi connectivity index (χ3v) is 6.09. The van der Waals surface area contributed by atoms with Crippen molar-refractivity contribution in [2.24, 2.45) is 10.9 Å². The maximum Gasteiger partial charge on any atom is 0.341 e. The van der Waals surface area contributed by atoms with Crippen LogP contribution in [0.5, 0.6) is 5.75 Å². The van der Waals surface area contributed by atoms with Gasteiger partial charge in [-0.2, -0.15) is 4.99 Å². The van der Waals surface area contributed by atoms with Crippen molar-refractivity contribution in [2.45, 2.75) is 45.1 Å². The van der Waals surface area contributed by atoms with E-state index >= 15 is 0 Å². The van der Waals surface area contributed by atoms with Gasteiger partial charge in [-0.1, -0.05) is 37.1 Å². The lowest BCUT2D eigenvalue weighted by molar-refractivity contribution is -0.149. The highest BCUT2D eigenvalue weighted by atomic mass is 16.5. The first-order valence-corrected chi connectivity index (χ1v) is 11.7. The molecule has 8 nitrogen and oxygen atoms in total. The standard InChI is InChI=1S/C26H30N4O4/c1-3-34-25(31)19-8-4-5-9-20(19)29-26(32)30-23(16-17-12-14-18(33-2)15-13-17)24-27-21-10-6-7-11-22(21)28-24/h6-7,10-15,19-20H,3-5,8-9,16H2,1-2H3,(H,27,28)(H,29,32)/t19-,20-/m1/s1. The first-order chi connectivity index (χ1) is 16.6. The molecule has 2 atom stereocenters. The van der Waals surface area contributed by atoms with Crippen LogP contribution >= 0.6 is 0 Å². The number of aromatic nitrogens is 2. The Hall–Kier alpha value is -3.68. The SMILES string of the molecule is CCOC(=O)[C@@H]1CCCC[C@H]1NC(=O)N=C(Cc1ccc(OC)cc1)c1nc2ccccc2[nH]1. The molecule has 2 N–H and O–H groups in total. The highest BCUT2D eigenvalue weighted by Gasteiger charge is 2.33. The van der Waals surface area contributed by atoms with Gasteiger partial charge in [0.2, 0.25) is 0 Å². The van der Waals surface area contributed by atoms with Crippen molar-refractivity contribution in [3.8, 4) is 5.75 Å². The second-order valence-corrected chi connectivity index (χ2v) is 8.38. The largest absolute Gasteiger partial charge is 0.497 e. The average molecular weight is 463 g/mol. The number of para-hydroxylation sites is 2. The normalized spacial score (nSPS) is 18.5. The number of methoxy groups -OCH3 is 1. The number of carbonyl (C=O) groups excluding carboxylic acids is 2. The summed E-state index contributed by atoms with van der Waals surface area (Å²) in [5, 5.41) is 2.96. The van der Waals surface area contributed by atoms with E-state index in [1.807, 2.05) is 48.5 Å². The number of aliphatic imine (C=N–C) groups is 1. The Morgan fingerprint density at radius 2 is 1.88 bits per heavy atom. The van der Waals surface area contributed by atoms with Crippen LogP contribution in [0.4, 0.5) is 4.79 Å². The molecule has 1 saturated carbocycles. The summed E-state index contributed by atoms with van der Waals surface area (Å²) in [6.07, 6.45) is 3.73. The van der Waals surface area contributed by atoms with Crippen LogP contribution in [0.3, 0.4) is 0 Å². The third kappa shape index (κ3) is 5.62. The number of fused-ring (bicyclic) bond motifs is 1. The molecule has 1 aromatic heterocycles. The molecule has 178 valence electrons. The van der Waals surface area contributed by atoms with E-state index in [-0.39, 0.29) is 17.9 Å². The molecule has 3 aromatic rings. The lowest BCUT2D eigenvalue weighted by atomic mass is 9.84.